The van der Waals surface area contributed by atoms with Gasteiger partial charge in [-0.05, 0) is 37.4 Å². The molecule has 82 valence electrons. The highest BCUT2D eigenvalue weighted by atomic mass is 19.1. The summed E-state index contributed by atoms with van der Waals surface area (Å²) in [6.45, 7) is 0.715. The Morgan fingerprint density at radius 2 is 2.33 bits per heavy atom. The third kappa shape index (κ3) is 2.45. The number of nitrogens with one attached hydrogen (secondary N) is 1. The predicted molar refractivity (Wildman–Crippen MR) is 58.0 cm³/mol. The SMILES string of the molecule is NCC1CCCC1Nc1ccc(F)nc1. The van der Waals surface area contributed by atoms with E-state index in [9.17, 15) is 4.39 Å². The van der Waals surface area contributed by atoms with Gasteiger partial charge < -0.3 is 11.1 Å². The van der Waals surface area contributed by atoms with E-state index in [1.165, 1.54) is 25.1 Å². The fourth-order valence-corrected chi connectivity index (χ4v) is 2.18. The smallest absolute Gasteiger partial charge is 0.212 e. The highest BCUT2D eigenvalue weighted by molar-refractivity contribution is 5.41. The van der Waals surface area contributed by atoms with Gasteiger partial charge in [0, 0.05) is 6.04 Å². The van der Waals surface area contributed by atoms with Gasteiger partial charge in [-0.3, -0.25) is 0 Å². The first-order valence-electron chi connectivity index (χ1n) is 5.38. The molecule has 1 aromatic rings. The third-order valence-electron chi connectivity index (χ3n) is 3.04. The topological polar surface area (TPSA) is 50.9 Å². The summed E-state index contributed by atoms with van der Waals surface area (Å²) in [6.07, 6.45) is 5.07. The second-order valence-corrected chi connectivity index (χ2v) is 4.05. The van der Waals surface area contributed by atoms with Crippen LogP contribution in [0.5, 0.6) is 0 Å². The molecule has 4 heteroatoms. The van der Waals surface area contributed by atoms with E-state index in [1.54, 1.807) is 6.07 Å². The summed E-state index contributed by atoms with van der Waals surface area (Å²) >= 11 is 0. The minimum atomic E-state index is -0.442. The Labute approximate surface area is 88.9 Å². The van der Waals surface area contributed by atoms with E-state index in [-0.39, 0.29) is 0 Å². The molecule has 0 aliphatic heterocycles. The van der Waals surface area contributed by atoms with E-state index >= 15 is 0 Å². The van der Waals surface area contributed by atoms with Crippen molar-refractivity contribution >= 4 is 5.69 Å². The predicted octanol–water partition coefficient (Wildman–Crippen LogP) is 1.76. The van der Waals surface area contributed by atoms with Crippen LogP contribution in [-0.2, 0) is 0 Å². The van der Waals surface area contributed by atoms with Gasteiger partial charge in [-0.25, -0.2) is 4.98 Å². The van der Waals surface area contributed by atoms with Crippen molar-refractivity contribution in [3.8, 4) is 0 Å². The maximum Gasteiger partial charge on any atom is 0.212 e. The Kier molecular flexibility index (Phi) is 3.16. The summed E-state index contributed by atoms with van der Waals surface area (Å²) in [5.74, 6) is 0.0948. The molecule has 1 aliphatic rings. The lowest BCUT2D eigenvalue weighted by Crippen LogP contribution is -2.29. The maximum atomic E-state index is 12.6. The average molecular weight is 209 g/mol. The van der Waals surface area contributed by atoms with Crippen LogP contribution in [0.15, 0.2) is 18.3 Å². The average Bonchev–Trinajstić information content (AvgIpc) is 2.69. The molecule has 0 amide bonds. The van der Waals surface area contributed by atoms with Crippen LogP contribution in [0.2, 0.25) is 0 Å². The molecular formula is C11H16FN3. The van der Waals surface area contributed by atoms with E-state index in [0.717, 1.165) is 12.1 Å². The number of rotatable bonds is 3. The number of nitrogens with two attached hydrogens (primary N) is 1. The first kappa shape index (κ1) is 10.4. The van der Waals surface area contributed by atoms with E-state index in [0.29, 0.717) is 18.5 Å². The molecule has 0 bridgehead atoms. The first-order chi connectivity index (χ1) is 7.29. The molecule has 3 N–H and O–H groups in total. The Hall–Kier alpha value is -1.16. The van der Waals surface area contributed by atoms with Crippen LogP contribution in [0.25, 0.3) is 0 Å². The lowest BCUT2D eigenvalue weighted by atomic mass is 10.0. The summed E-state index contributed by atoms with van der Waals surface area (Å²) < 4.78 is 12.6. The maximum absolute atomic E-state index is 12.6. The molecule has 15 heavy (non-hydrogen) atoms. The standard InChI is InChI=1S/C11H16FN3/c12-11-5-4-9(7-14-11)15-10-3-1-2-8(10)6-13/h4-5,7-8,10,15H,1-3,6,13H2. The molecule has 1 aliphatic carbocycles. The minimum absolute atomic E-state index is 0.419. The monoisotopic (exact) mass is 209 g/mol. The van der Waals surface area contributed by atoms with Gasteiger partial charge in [0.15, 0.2) is 0 Å². The van der Waals surface area contributed by atoms with Gasteiger partial charge in [0.1, 0.15) is 0 Å². The molecule has 0 radical (unpaired) electrons. The van der Waals surface area contributed by atoms with Gasteiger partial charge in [-0.15, -0.1) is 0 Å². The lowest BCUT2D eigenvalue weighted by Gasteiger charge is -2.20. The van der Waals surface area contributed by atoms with Gasteiger partial charge in [0.25, 0.3) is 0 Å². The van der Waals surface area contributed by atoms with E-state index in [1.807, 2.05) is 0 Å². The third-order valence-corrected chi connectivity index (χ3v) is 3.04. The van der Waals surface area contributed by atoms with Crippen LogP contribution in [0.1, 0.15) is 19.3 Å². The molecule has 2 rings (SSSR count). The van der Waals surface area contributed by atoms with E-state index in [2.05, 4.69) is 10.3 Å². The van der Waals surface area contributed by atoms with Gasteiger partial charge in [-0.2, -0.15) is 4.39 Å². The van der Waals surface area contributed by atoms with Crippen LogP contribution < -0.4 is 11.1 Å². The molecule has 0 saturated heterocycles. The number of pyridine rings is 1. The van der Waals surface area contributed by atoms with Crippen molar-refractivity contribution in [2.75, 3.05) is 11.9 Å². The van der Waals surface area contributed by atoms with Crippen molar-refractivity contribution in [2.24, 2.45) is 11.7 Å². The summed E-state index contributed by atoms with van der Waals surface area (Å²) in [6, 6.07) is 3.51. The van der Waals surface area contributed by atoms with E-state index < -0.39 is 5.95 Å². The fraction of sp³-hybridized carbons (Fsp3) is 0.545. The molecular weight excluding hydrogens is 193 g/mol. The number of nitrogens with zero attached hydrogens (tertiary/aromatic N) is 1. The summed E-state index contributed by atoms with van der Waals surface area (Å²) in [7, 11) is 0. The van der Waals surface area contributed by atoms with Crippen molar-refractivity contribution in [2.45, 2.75) is 25.3 Å². The molecule has 0 spiro atoms. The van der Waals surface area contributed by atoms with Gasteiger partial charge in [0.05, 0.1) is 11.9 Å². The molecule has 0 aromatic carbocycles. The largest absolute Gasteiger partial charge is 0.381 e. The summed E-state index contributed by atoms with van der Waals surface area (Å²) in [4.78, 5) is 3.61. The lowest BCUT2D eigenvalue weighted by molar-refractivity contribution is 0.516. The fourth-order valence-electron chi connectivity index (χ4n) is 2.18. The first-order valence-corrected chi connectivity index (χ1v) is 5.38. The minimum Gasteiger partial charge on any atom is -0.381 e. The Morgan fingerprint density at radius 1 is 1.47 bits per heavy atom. The van der Waals surface area contributed by atoms with Crippen molar-refractivity contribution in [3.05, 3.63) is 24.3 Å². The second-order valence-electron chi connectivity index (χ2n) is 4.05. The van der Waals surface area contributed by atoms with Crippen molar-refractivity contribution in [1.29, 1.82) is 0 Å². The second kappa shape index (κ2) is 4.57. The number of hydrogen-bond acceptors (Lipinski definition) is 3. The number of hydrogen-bond donors (Lipinski definition) is 2. The normalized spacial score (nSPS) is 25.5. The van der Waals surface area contributed by atoms with Crippen molar-refractivity contribution in [3.63, 3.8) is 0 Å². The zero-order chi connectivity index (χ0) is 10.7. The van der Waals surface area contributed by atoms with Crippen LogP contribution in [0.4, 0.5) is 10.1 Å². The molecule has 3 nitrogen and oxygen atoms in total. The Morgan fingerprint density at radius 3 is 3.00 bits per heavy atom. The van der Waals surface area contributed by atoms with Gasteiger partial charge in [-0.1, -0.05) is 6.42 Å². The molecule has 1 saturated carbocycles. The highest BCUT2D eigenvalue weighted by Gasteiger charge is 2.25. The number of anilines is 1. The molecule has 2 unspecified atom stereocenters. The molecule has 1 heterocycles. The van der Waals surface area contributed by atoms with Crippen LogP contribution >= 0.6 is 0 Å². The van der Waals surface area contributed by atoms with Crippen LogP contribution in [-0.4, -0.2) is 17.6 Å². The number of aromatic nitrogens is 1. The summed E-state index contributed by atoms with van der Waals surface area (Å²) in [5, 5.41) is 3.36. The van der Waals surface area contributed by atoms with Gasteiger partial charge >= 0.3 is 0 Å². The van der Waals surface area contributed by atoms with E-state index in [4.69, 9.17) is 5.73 Å². The summed E-state index contributed by atoms with van der Waals surface area (Å²) in [5.41, 5.74) is 6.56. The molecule has 2 atom stereocenters. The van der Waals surface area contributed by atoms with Crippen molar-refractivity contribution < 1.29 is 4.39 Å². The van der Waals surface area contributed by atoms with Crippen molar-refractivity contribution in [1.82, 2.24) is 4.98 Å². The Bertz CT molecular complexity index is 312. The quantitative estimate of drug-likeness (QED) is 0.746. The zero-order valence-corrected chi connectivity index (χ0v) is 8.62. The Balaban J connectivity index is 1.99. The molecule has 1 aromatic heterocycles. The van der Waals surface area contributed by atoms with Crippen LogP contribution in [0.3, 0.4) is 0 Å². The van der Waals surface area contributed by atoms with Gasteiger partial charge in [0.2, 0.25) is 5.95 Å². The zero-order valence-electron chi connectivity index (χ0n) is 8.62. The molecule has 1 fully saturated rings. The number of halogens is 1. The highest BCUT2D eigenvalue weighted by Crippen LogP contribution is 2.27. The van der Waals surface area contributed by atoms with Crippen LogP contribution in [0, 0.1) is 11.9 Å².